The first-order valence-corrected chi connectivity index (χ1v) is 26.2. The predicted octanol–water partition coefficient (Wildman–Crippen LogP) is -9.04. The molecule has 2 heterocycles. The second kappa shape index (κ2) is 22.9. The molecular weight excluding hydrogens is 1110 g/mol. The largest absolute Gasteiger partial charge is 1.00 e. The van der Waals surface area contributed by atoms with Gasteiger partial charge in [-0.25, -0.2) is 25.3 Å². The third kappa shape index (κ3) is 12.3. The molecule has 0 unspecified atom stereocenters. The van der Waals surface area contributed by atoms with Gasteiger partial charge in [-0.05, 0) is 60.7 Å². The van der Waals surface area contributed by atoms with Crippen molar-refractivity contribution in [2.45, 2.75) is 29.4 Å². The first-order valence-electron chi connectivity index (χ1n) is 18.4. The van der Waals surface area contributed by atoms with Crippen LogP contribution in [-0.4, -0.2) is 85.7 Å². The van der Waals surface area contributed by atoms with Crippen molar-refractivity contribution >= 4 is 106 Å². The molecule has 24 nitrogen and oxygen atoms in total. The van der Waals surface area contributed by atoms with Gasteiger partial charge in [-0.2, -0.15) is 21.2 Å². The minimum Gasteiger partial charge on any atom is -0.744 e. The Bertz CT molecular complexity index is 4160. The predicted molar refractivity (Wildman–Crippen MR) is 227 cm³/mol. The molecule has 9 aromatic rings. The number of hydrogen-bond acceptors (Lipinski definition) is 23. The molecule has 7 aromatic carbocycles. The van der Waals surface area contributed by atoms with Gasteiger partial charge in [0, 0.05) is 38.6 Å². The third-order valence-electron chi connectivity index (χ3n) is 9.77. The van der Waals surface area contributed by atoms with Gasteiger partial charge in [0.15, 0.2) is 11.5 Å². The molecule has 0 aliphatic heterocycles. The summed E-state index contributed by atoms with van der Waals surface area (Å²) in [5.41, 5.74) is -1.74. The zero-order valence-corrected chi connectivity index (χ0v) is 49.9. The maximum Gasteiger partial charge on any atom is 1.00 e. The molecule has 0 radical (unpaired) electrons. The van der Waals surface area contributed by atoms with Crippen LogP contribution in [0.2, 0.25) is 0 Å². The van der Waals surface area contributed by atoms with Crippen LogP contribution in [0.3, 0.4) is 0 Å². The van der Waals surface area contributed by atoms with E-state index in [9.17, 15) is 61.0 Å². The molecule has 0 saturated heterocycles. The molecule has 2 aromatic heterocycles. The van der Waals surface area contributed by atoms with E-state index in [1.54, 1.807) is 0 Å². The Hall–Kier alpha value is -2.68. The average Bonchev–Trinajstić information content (AvgIpc) is 3.93. The van der Waals surface area contributed by atoms with Crippen molar-refractivity contribution < 1.29 is 197 Å². The maximum atomic E-state index is 13.9. The Balaban J connectivity index is 0.00000241. The molecule has 0 saturated carbocycles. The summed E-state index contributed by atoms with van der Waals surface area (Å²) in [5.74, 6) is -1.40. The summed E-state index contributed by atoms with van der Waals surface area (Å²) in [5, 5.41) is 30.9. The minimum atomic E-state index is -5.44. The van der Waals surface area contributed by atoms with Crippen LogP contribution in [-0.2, 0) is 60.0 Å². The summed E-state index contributed by atoms with van der Waals surface area (Å²) >= 11 is 0.260. The topological polar surface area (TPSA) is 361 Å². The molecule has 0 bridgehead atoms. The van der Waals surface area contributed by atoms with Crippen LogP contribution in [0, 0.1) is 0 Å². The number of hydrogen-bond donors (Lipinski definition) is 0. The third-order valence-corrected chi connectivity index (χ3v) is 15.4. The summed E-state index contributed by atoms with van der Waals surface area (Å²) in [4.78, 5) is -2.45. The van der Waals surface area contributed by atoms with Crippen LogP contribution in [0.25, 0.3) is 55.0 Å². The summed E-state index contributed by atoms with van der Waals surface area (Å²) in [7, 11) is -25.7. The molecule has 0 spiro atoms. The van der Waals surface area contributed by atoms with Crippen molar-refractivity contribution in [3.05, 3.63) is 121 Å². The molecule has 0 N–H and O–H groups in total. The summed E-state index contributed by atoms with van der Waals surface area (Å²) in [6.45, 7) is 0. The van der Waals surface area contributed by atoms with Crippen LogP contribution >= 0.6 is 12.0 Å². The zero-order chi connectivity index (χ0) is 48.6. The molecule has 34 heteroatoms. The monoisotopic (exact) mass is 1130 g/mol. The van der Waals surface area contributed by atoms with Crippen LogP contribution < -0.4 is 132 Å². The number of rotatable bonds is 14. The van der Waals surface area contributed by atoms with Gasteiger partial charge in [0.1, 0.15) is 73.6 Å². The number of benzene rings is 7. The van der Waals surface area contributed by atoms with Gasteiger partial charge >= 0.3 is 138 Å². The summed E-state index contributed by atoms with van der Waals surface area (Å²) < 4.78 is 182. The smallest absolute Gasteiger partial charge is 0.744 e. The Morgan fingerprint density at radius 3 is 1.28 bits per heavy atom. The molecular formula is C38H20N6Na4O18S6. The molecule has 0 amide bonds. The number of nitrogens with zero attached hydrogens (tertiary/aromatic N) is 6. The minimum absolute atomic E-state index is 0. The van der Waals surface area contributed by atoms with E-state index in [0.717, 1.165) is 47.3 Å². The summed E-state index contributed by atoms with van der Waals surface area (Å²) in [6, 6.07) is 23.0. The van der Waals surface area contributed by atoms with Gasteiger partial charge in [0.2, 0.25) is 0 Å². The first-order chi connectivity index (χ1) is 32.0. The molecule has 0 aliphatic rings. The maximum absolute atomic E-state index is 13.9. The second-order valence-electron chi connectivity index (χ2n) is 13.9. The van der Waals surface area contributed by atoms with Crippen LogP contribution in [0.15, 0.2) is 151 Å². The van der Waals surface area contributed by atoms with E-state index >= 15 is 0 Å². The Morgan fingerprint density at radius 2 is 0.861 bits per heavy atom. The van der Waals surface area contributed by atoms with Gasteiger partial charge in [0.25, 0.3) is 0 Å². The van der Waals surface area contributed by atoms with Crippen molar-refractivity contribution in [1.29, 1.82) is 0 Å². The van der Waals surface area contributed by atoms with Crippen molar-refractivity contribution in [3.63, 3.8) is 0 Å². The van der Waals surface area contributed by atoms with Gasteiger partial charge < -0.3 is 27.3 Å². The Kier molecular flexibility index (Phi) is 19.1. The van der Waals surface area contributed by atoms with E-state index < -0.39 is 88.2 Å². The van der Waals surface area contributed by atoms with E-state index in [2.05, 4.69) is 29.8 Å². The Morgan fingerprint density at radius 1 is 0.444 bits per heavy atom. The van der Waals surface area contributed by atoms with Crippen molar-refractivity contribution in [1.82, 2.24) is 30.0 Å². The molecule has 350 valence electrons. The molecule has 0 atom stereocenters. The van der Waals surface area contributed by atoms with E-state index in [0.29, 0.717) is 10.9 Å². The van der Waals surface area contributed by atoms with Crippen LogP contribution in [0.1, 0.15) is 0 Å². The van der Waals surface area contributed by atoms with E-state index in [-0.39, 0.29) is 189 Å². The van der Waals surface area contributed by atoms with Gasteiger partial charge in [0.05, 0.1) is 26.7 Å². The van der Waals surface area contributed by atoms with Gasteiger partial charge in [-0.15, -0.1) is 30.0 Å². The van der Waals surface area contributed by atoms with Crippen LogP contribution in [0.5, 0.6) is 11.5 Å². The normalized spacial score (nSPS) is 12.2. The van der Waals surface area contributed by atoms with Crippen LogP contribution in [0.4, 0.5) is 0 Å². The average molecular weight is 1130 g/mol. The Labute approximate surface area is 500 Å². The van der Waals surface area contributed by atoms with Gasteiger partial charge in [-0.1, -0.05) is 48.5 Å². The quantitative estimate of drug-likeness (QED) is 0.0244. The molecule has 0 aliphatic carbocycles. The SMILES string of the molecule is O=S(=O)([O-])c1cc(SOO[O-])c2ccc3nn(-c4cc(OS(=O)(=O)c5ccccc5)c(-n5nc6ccc7c(S(=O)(=O)[O-])cc(S(=O)(=O)[O-])cc7c6n5)cc4OS(=O)(=O)c4ccccc4)nc3c2c1.[Na+].[Na+].[Na+].[Na+]. The van der Waals surface area contributed by atoms with E-state index in [1.807, 2.05) is 0 Å². The zero-order valence-electron chi connectivity index (χ0n) is 37.0. The fraction of sp³-hybridized carbons (Fsp3) is 0. The van der Waals surface area contributed by atoms with E-state index in [1.165, 1.54) is 72.8 Å². The molecule has 0 fully saturated rings. The fourth-order valence-electron chi connectivity index (χ4n) is 6.83. The summed E-state index contributed by atoms with van der Waals surface area (Å²) in [6.07, 6.45) is 0. The molecule has 72 heavy (non-hydrogen) atoms. The van der Waals surface area contributed by atoms with E-state index in [4.69, 9.17) is 8.37 Å². The van der Waals surface area contributed by atoms with Crippen molar-refractivity contribution in [2.75, 3.05) is 0 Å². The molecule has 9 rings (SSSR count). The fourth-order valence-corrected chi connectivity index (χ4v) is 11.2. The first kappa shape index (κ1) is 60.2. The van der Waals surface area contributed by atoms with Gasteiger partial charge in [-0.3, -0.25) is 5.04 Å². The van der Waals surface area contributed by atoms with Crippen molar-refractivity contribution in [2.24, 2.45) is 0 Å². The number of aromatic nitrogens is 6. The standard InChI is InChI=1S/C38H24N6O18S6.4Na/c45-61-62-63-35-17-23(64(46,47)48)15-27-25(35)11-13-29-37(27)41-43(39-29)31-19-34(60-68(57,58)22-9-5-2-6-10-22)32(20-33(31)59-67(55,56)21-7-3-1-4-8-21)44-40-30-14-12-26-28(38(30)42-44)16-24(65(49,50)51)18-36(26)66(52,53)54;;;;/h1-20,45H,(H,46,47,48)(H,49,50,51)(H,52,53,54);;;;/q;4*+1/p-4. The second-order valence-corrected chi connectivity index (χ2v) is 21.9. The number of fused-ring (bicyclic) bond motifs is 6. The van der Waals surface area contributed by atoms with Crippen molar-refractivity contribution in [3.8, 4) is 22.9 Å².